The van der Waals surface area contributed by atoms with Crippen molar-refractivity contribution in [1.82, 2.24) is 9.21 Å². The average Bonchev–Trinajstić information content (AvgIpc) is 2.89. The van der Waals surface area contributed by atoms with E-state index in [0.29, 0.717) is 63.6 Å². The summed E-state index contributed by atoms with van der Waals surface area (Å²) in [5.74, 6) is 0.0799. The van der Waals surface area contributed by atoms with E-state index in [1.165, 1.54) is 16.4 Å². The first kappa shape index (κ1) is 27.3. The highest BCUT2D eigenvalue weighted by molar-refractivity contribution is 7.89. The van der Waals surface area contributed by atoms with Crippen molar-refractivity contribution in [3.05, 3.63) is 53.6 Å². The molecule has 0 unspecified atom stereocenters. The van der Waals surface area contributed by atoms with Crippen molar-refractivity contribution in [3.8, 4) is 5.75 Å². The van der Waals surface area contributed by atoms with Crippen LogP contribution in [-0.2, 0) is 21.0 Å². The number of hydrogen-bond acceptors (Lipinski definition) is 5. The molecule has 2 fully saturated rings. The van der Waals surface area contributed by atoms with Crippen LogP contribution in [0.3, 0.4) is 0 Å². The van der Waals surface area contributed by atoms with Crippen molar-refractivity contribution >= 4 is 21.6 Å². The summed E-state index contributed by atoms with van der Waals surface area (Å²) in [7, 11) is -3.77. The number of hydrogen-bond donors (Lipinski definition) is 0. The Bertz CT molecular complexity index is 1230. The Kier molecular flexibility index (Phi) is 8.03. The van der Waals surface area contributed by atoms with Crippen molar-refractivity contribution < 1.29 is 31.1 Å². The highest BCUT2D eigenvalue weighted by Gasteiger charge is 2.36. The zero-order valence-electron chi connectivity index (χ0n) is 21.0. The molecule has 2 saturated heterocycles. The predicted octanol–water partition coefficient (Wildman–Crippen LogP) is 4.16. The molecule has 1 amide bonds. The number of benzene rings is 2. The first-order chi connectivity index (χ1) is 17.5. The molecule has 2 aromatic carbocycles. The lowest BCUT2D eigenvalue weighted by Crippen LogP contribution is -2.53. The van der Waals surface area contributed by atoms with Crippen LogP contribution >= 0.6 is 0 Å². The molecular weight excluding hydrogens is 507 g/mol. The highest BCUT2D eigenvalue weighted by atomic mass is 32.2. The van der Waals surface area contributed by atoms with Gasteiger partial charge in [0.15, 0.2) is 0 Å². The van der Waals surface area contributed by atoms with Crippen LogP contribution in [0.25, 0.3) is 0 Å². The van der Waals surface area contributed by atoms with Gasteiger partial charge in [0.25, 0.3) is 0 Å². The SMILES string of the molecule is CCOc1ccc(S(=O)(=O)N2CCC[C@H](C(=O)N3CCN(c4cccc(C(F)(F)F)c4)CC3)C2)cc1C. The number of carbonyl (C=O) groups is 1. The van der Waals surface area contributed by atoms with E-state index in [-0.39, 0.29) is 17.3 Å². The van der Waals surface area contributed by atoms with E-state index in [1.807, 2.05) is 11.8 Å². The molecule has 0 saturated carbocycles. The second-order valence-electron chi connectivity index (χ2n) is 9.42. The van der Waals surface area contributed by atoms with E-state index < -0.39 is 27.7 Å². The maximum atomic E-state index is 13.3. The lowest BCUT2D eigenvalue weighted by Gasteiger charge is -2.39. The summed E-state index contributed by atoms with van der Waals surface area (Å²) in [6, 6.07) is 9.98. The molecular formula is C26H32F3N3O4S. The van der Waals surface area contributed by atoms with Gasteiger partial charge in [-0.2, -0.15) is 17.5 Å². The number of aryl methyl sites for hydroxylation is 1. The van der Waals surface area contributed by atoms with E-state index in [0.717, 1.165) is 17.7 Å². The van der Waals surface area contributed by atoms with Gasteiger partial charge in [0.05, 0.1) is 23.0 Å². The van der Waals surface area contributed by atoms with Gasteiger partial charge in [-0.15, -0.1) is 0 Å². The number of piperidine rings is 1. The number of nitrogens with zero attached hydrogens (tertiary/aromatic N) is 3. The molecule has 2 aromatic rings. The average molecular weight is 540 g/mol. The third kappa shape index (κ3) is 6.04. The molecule has 1 atom stereocenters. The van der Waals surface area contributed by atoms with Crippen molar-refractivity contribution in [1.29, 1.82) is 0 Å². The molecule has 0 aromatic heterocycles. The quantitative estimate of drug-likeness (QED) is 0.552. The van der Waals surface area contributed by atoms with Crippen LogP contribution in [-0.4, -0.2) is 69.4 Å². The summed E-state index contributed by atoms with van der Waals surface area (Å²) >= 11 is 0. The molecule has 2 aliphatic heterocycles. The van der Waals surface area contributed by atoms with Crippen LogP contribution in [0, 0.1) is 12.8 Å². The van der Waals surface area contributed by atoms with E-state index in [1.54, 1.807) is 30.0 Å². The summed E-state index contributed by atoms with van der Waals surface area (Å²) in [5.41, 5.74) is 0.503. The summed E-state index contributed by atoms with van der Waals surface area (Å²) in [6.45, 7) is 6.17. The van der Waals surface area contributed by atoms with Crippen LogP contribution in [0.5, 0.6) is 5.75 Å². The smallest absolute Gasteiger partial charge is 0.416 e. The molecule has 2 heterocycles. The molecule has 11 heteroatoms. The molecule has 0 N–H and O–H groups in total. The third-order valence-electron chi connectivity index (χ3n) is 6.95. The van der Waals surface area contributed by atoms with Gasteiger partial charge in [-0.1, -0.05) is 6.07 Å². The van der Waals surface area contributed by atoms with Gasteiger partial charge in [-0.3, -0.25) is 4.79 Å². The molecule has 0 bridgehead atoms. The minimum absolute atomic E-state index is 0.105. The Balaban J connectivity index is 1.39. The molecule has 0 aliphatic carbocycles. The minimum Gasteiger partial charge on any atom is -0.494 e. The largest absolute Gasteiger partial charge is 0.494 e. The van der Waals surface area contributed by atoms with Crippen molar-refractivity contribution in [2.45, 2.75) is 37.8 Å². The second-order valence-corrected chi connectivity index (χ2v) is 11.4. The Morgan fingerprint density at radius 2 is 1.78 bits per heavy atom. The van der Waals surface area contributed by atoms with Gasteiger partial charge in [0, 0.05) is 45.0 Å². The molecule has 202 valence electrons. The summed E-state index contributed by atoms with van der Waals surface area (Å²) in [5, 5.41) is 0. The van der Waals surface area contributed by atoms with Gasteiger partial charge in [-0.25, -0.2) is 8.42 Å². The number of carbonyl (C=O) groups excluding carboxylic acids is 1. The summed E-state index contributed by atoms with van der Waals surface area (Å²) < 4.78 is 72.8. The van der Waals surface area contributed by atoms with Gasteiger partial charge in [0.2, 0.25) is 15.9 Å². The number of sulfonamides is 1. The fourth-order valence-electron chi connectivity index (χ4n) is 4.93. The Hall–Kier alpha value is -2.79. The maximum absolute atomic E-state index is 13.3. The normalized spacial score (nSPS) is 19.6. The monoisotopic (exact) mass is 539 g/mol. The van der Waals surface area contributed by atoms with Gasteiger partial charge in [-0.05, 0) is 68.7 Å². The van der Waals surface area contributed by atoms with Gasteiger partial charge >= 0.3 is 6.18 Å². The predicted molar refractivity (Wildman–Crippen MR) is 134 cm³/mol. The second kappa shape index (κ2) is 10.9. The Morgan fingerprint density at radius 3 is 2.43 bits per heavy atom. The van der Waals surface area contributed by atoms with Crippen LogP contribution < -0.4 is 9.64 Å². The number of rotatable bonds is 6. The van der Waals surface area contributed by atoms with Crippen LogP contribution in [0.2, 0.25) is 0 Å². The summed E-state index contributed by atoms with van der Waals surface area (Å²) in [6.07, 6.45) is -3.23. The van der Waals surface area contributed by atoms with Crippen molar-refractivity contribution in [3.63, 3.8) is 0 Å². The van der Waals surface area contributed by atoms with Gasteiger partial charge in [0.1, 0.15) is 5.75 Å². The molecule has 0 spiro atoms. The number of ether oxygens (including phenoxy) is 1. The standard InChI is InChI=1S/C26H32F3N3O4S/c1-3-36-24-10-9-23(16-19(24)2)37(34,35)32-11-5-6-20(18-32)25(33)31-14-12-30(13-15-31)22-8-4-7-21(17-22)26(27,28)29/h4,7-10,16-17,20H,3,5-6,11-15,18H2,1-2H3/t20-/m0/s1. The van der Waals surface area contributed by atoms with Gasteiger partial charge < -0.3 is 14.5 Å². The number of anilines is 1. The zero-order valence-corrected chi connectivity index (χ0v) is 21.8. The number of alkyl halides is 3. The fourth-order valence-corrected chi connectivity index (χ4v) is 6.54. The molecule has 0 radical (unpaired) electrons. The molecule has 2 aliphatic rings. The lowest BCUT2D eigenvalue weighted by atomic mass is 9.97. The first-order valence-corrected chi connectivity index (χ1v) is 13.9. The fraction of sp³-hybridized carbons (Fsp3) is 0.500. The third-order valence-corrected chi connectivity index (χ3v) is 8.81. The molecule has 7 nitrogen and oxygen atoms in total. The number of halogens is 3. The van der Waals surface area contributed by atoms with E-state index in [4.69, 9.17) is 4.74 Å². The first-order valence-electron chi connectivity index (χ1n) is 12.5. The Morgan fingerprint density at radius 1 is 1.05 bits per heavy atom. The molecule has 4 rings (SSSR count). The topological polar surface area (TPSA) is 70.2 Å². The number of amides is 1. The van der Waals surface area contributed by atoms with E-state index in [9.17, 15) is 26.4 Å². The summed E-state index contributed by atoms with van der Waals surface area (Å²) in [4.78, 5) is 17.0. The zero-order chi connectivity index (χ0) is 26.8. The van der Waals surface area contributed by atoms with Crippen LogP contribution in [0.4, 0.5) is 18.9 Å². The van der Waals surface area contributed by atoms with Crippen LogP contribution in [0.15, 0.2) is 47.4 Å². The number of piperazine rings is 1. The van der Waals surface area contributed by atoms with E-state index in [2.05, 4.69) is 0 Å². The molecule has 37 heavy (non-hydrogen) atoms. The van der Waals surface area contributed by atoms with E-state index >= 15 is 0 Å². The van der Waals surface area contributed by atoms with Crippen molar-refractivity contribution in [2.75, 3.05) is 50.8 Å². The Labute approximate surface area is 215 Å². The van der Waals surface area contributed by atoms with Crippen molar-refractivity contribution in [2.24, 2.45) is 5.92 Å². The maximum Gasteiger partial charge on any atom is 0.416 e. The minimum atomic E-state index is -4.41. The highest BCUT2D eigenvalue weighted by Crippen LogP contribution is 2.32. The lowest BCUT2D eigenvalue weighted by molar-refractivity contribution is -0.137. The van der Waals surface area contributed by atoms with Crippen LogP contribution in [0.1, 0.15) is 30.9 Å².